The van der Waals surface area contributed by atoms with E-state index in [1.807, 2.05) is 31.1 Å². The van der Waals surface area contributed by atoms with Crippen molar-refractivity contribution in [1.29, 1.82) is 0 Å². The molecule has 0 aliphatic heterocycles. The minimum atomic E-state index is -0.0914. The average molecular weight is 307 g/mol. The SMILES string of the molecule is COc1ccc(N(CCC(=O)NCCN(C)C)C(C)=O)cc1. The molecule has 0 aliphatic carbocycles. The van der Waals surface area contributed by atoms with E-state index in [1.165, 1.54) is 6.92 Å². The molecule has 0 aromatic heterocycles. The van der Waals surface area contributed by atoms with Crippen molar-refractivity contribution in [3.63, 3.8) is 0 Å². The van der Waals surface area contributed by atoms with Gasteiger partial charge in [-0.1, -0.05) is 0 Å². The Bertz CT molecular complexity index is 486. The van der Waals surface area contributed by atoms with E-state index >= 15 is 0 Å². The van der Waals surface area contributed by atoms with E-state index < -0.39 is 0 Å². The summed E-state index contributed by atoms with van der Waals surface area (Å²) >= 11 is 0. The number of carbonyl (C=O) groups excluding carboxylic acids is 2. The number of carbonyl (C=O) groups is 2. The van der Waals surface area contributed by atoms with Crippen LogP contribution in [0.5, 0.6) is 5.75 Å². The molecule has 0 bridgehead atoms. The summed E-state index contributed by atoms with van der Waals surface area (Å²) in [5.41, 5.74) is 0.759. The van der Waals surface area contributed by atoms with Crippen LogP contribution in [0, 0.1) is 0 Å². The average Bonchev–Trinajstić information content (AvgIpc) is 2.47. The van der Waals surface area contributed by atoms with E-state index in [2.05, 4.69) is 5.32 Å². The quantitative estimate of drug-likeness (QED) is 0.782. The van der Waals surface area contributed by atoms with E-state index in [4.69, 9.17) is 4.74 Å². The highest BCUT2D eigenvalue weighted by molar-refractivity contribution is 5.92. The highest BCUT2D eigenvalue weighted by atomic mass is 16.5. The molecule has 0 saturated carbocycles. The van der Waals surface area contributed by atoms with Crippen LogP contribution < -0.4 is 15.0 Å². The number of amides is 2. The standard InChI is InChI=1S/C16H25N3O3/c1-13(20)19(14-5-7-15(22-4)8-6-14)11-9-16(21)17-10-12-18(2)3/h5-8H,9-12H2,1-4H3,(H,17,21). The molecule has 122 valence electrons. The second-order valence-electron chi connectivity index (χ2n) is 5.27. The molecule has 0 heterocycles. The predicted molar refractivity (Wildman–Crippen MR) is 87.2 cm³/mol. The van der Waals surface area contributed by atoms with Gasteiger partial charge in [-0.3, -0.25) is 9.59 Å². The Morgan fingerprint density at radius 1 is 1.14 bits per heavy atom. The molecule has 6 nitrogen and oxygen atoms in total. The third-order valence-electron chi connectivity index (χ3n) is 3.21. The van der Waals surface area contributed by atoms with Gasteiger partial charge in [0, 0.05) is 38.7 Å². The molecule has 22 heavy (non-hydrogen) atoms. The van der Waals surface area contributed by atoms with Crippen LogP contribution in [0.4, 0.5) is 5.69 Å². The summed E-state index contributed by atoms with van der Waals surface area (Å²) in [5, 5.41) is 2.84. The van der Waals surface area contributed by atoms with Gasteiger partial charge in [0.1, 0.15) is 5.75 Å². The number of likely N-dealkylation sites (N-methyl/N-ethyl adjacent to an activating group) is 1. The van der Waals surface area contributed by atoms with Gasteiger partial charge < -0.3 is 19.9 Å². The van der Waals surface area contributed by atoms with Crippen LogP contribution >= 0.6 is 0 Å². The molecule has 1 N–H and O–H groups in total. The van der Waals surface area contributed by atoms with Crippen molar-refractivity contribution in [1.82, 2.24) is 10.2 Å². The zero-order chi connectivity index (χ0) is 16.5. The van der Waals surface area contributed by atoms with Crippen molar-refractivity contribution in [3.8, 4) is 5.75 Å². The van der Waals surface area contributed by atoms with E-state index in [0.717, 1.165) is 18.0 Å². The van der Waals surface area contributed by atoms with Gasteiger partial charge in [-0.15, -0.1) is 0 Å². The molecule has 1 rings (SSSR count). The van der Waals surface area contributed by atoms with Crippen LogP contribution in [0.1, 0.15) is 13.3 Å². The fraction of sp³-hybridized carbons (Fsp3) is 0.500. The van der Waals surface area contributed by atoms with E-state index in [1.54, 1.807) is 24.1 Å². The maximum absolute atomic E-state index is 11.8. The number of methoxy groups -OCH3 is 1. The smallest absolute Gasteiger partial charge is 0.223 e. The van der Waals surface area contributed by atoms with Gasteiger partial charge in [0.05, 0.1) is 7.11 Å². The molecule has 0 atom stereocenters. The Morgan fingerprint density at radius 3 is 2.27 bits per heavy atom. The minimum absolute atomic E-state index is 0.0541. The predicted octanol–water partition coefficient (Wildman–Crippen LogP) is 1.12. The largest absolute Gasteiger partial charge is 0.497 e. The Kier molecular flexibility index (Phi) is 7.39. The third-order valence-corrected chi connectivity index (χ3v) is 3.21. The van der Waals surface area contributed by atoms with Gasteiger partial charge in [0.2, 0.25) is 11.8 Å². The van der Waals surface area contributed by atoms with Crippen molar-refractivity contribution in [2.75, 3.05) is 45.7 Å². The first-order valence-electron chi connectivity index (χ1n) is 7.27. The summed E-state index contributed by atoms with van der Waals surface area (Å²) in [4.78, 5) is 27.2. The Labute approximate surface area is 132 Å². The number of nitrogens with one attached hydrogen (secondary N) is 1. The number of hydrogen-bond donors (Lipinski definition) is 1. The Hall–Kier alpha value is -2.08. The summed E-state index contributed by atoms with van der Waals surface area (Å²) in [6.45, 7) is 3.25. The lowest BCUT2D eigenvalue weighted by Gasteiger charge is -2.21. The molecular formula is C16H25N3O3. The molecule has 1 aromatic rings. The van der Waals surface area contributed by atoms with E-state index in [-0.39, 0.29) is 18.2 Å². The van der Waals surface area contributed by atoms with Gasteiger partial charge in [-0.25, -0.2) is 0 Å². The fourth-order valence-corrected chi connectivity index (χ4v) is 1.95. The molecule has 6 heteroatoms. The first-order chi connectivity index (χ1) is 10.4. The molecule has 0 unspecified atom stereocenters. The number of benzene rings is 1. The normalized spacial score (nSPS) is 10.4. The van der Waals surface area contributed by atoms with Crippen LogP contribution in [-0.2, 0) is 9.59 Å². The Morgan fingerprint density at radius 2 is 1.77 bits per heavy atom. The summed E-state index contributed by atoms with van der Waals surface area (Å²) < 4.78 is 5.10. The molecule has 2 amide bonds. The molecule has 0 aliphatic rings. The zero-order valence-corrected chi connectivity index (χ0v) is 13.8. The van der Waals surface area contributed by atoms with Crippen LogP contribution in [0.15, 0.2) is 24.3 Å². The van der Waals surface area contributed by atoms with Gasteiger partial charge >= 0.3 is 0 Å². The molecule has 0 radical (unpaired) electrons. The summed E-state index contributed by atoms with van der Waals surface area (Å²) in [6.07, 6.45) is 0.277. The number of anilines is 1. The van der Waals surface area contributed by atoms with Crippen molar-refractivity contribution >= 4 is 17.5 Å². The summed E-state index contributed by atoms with van der Waals surface area (Å²) in [6, 6.07) is 7.21. The second-order valence-corrected chi connectivity index (χ2v) is 5.27. The molecule has 0 spiro atoms. The topological polar surface area (TPSA) is 61.9 Å². The van der Waals surface area contributed by atoms with Crippen LogP contribution in [0.3, 0.4) is 0 Å². The van der Waals surface area contributed by atoms with Gasteiger partial charge in [0.15, 0.2) is 0 Å². The first-order valence-corrected chi connectivity index (χ1v) is 7.27. The van der Waals surface area contributed by atoms with Crippen molar-refractivity contribution in [2.45, 2.75) is 13.3 Å². The van der Waals surface area contributed by atoms with E-state index in [9.17, 15) is 9.59 Å². The molecular weight excluding hydrogens is 282 g/mol. The highest BCUT2D eigenvalue weighted by Gasteiger charge is 2.13. The van der Waals surface area contributed by atoms with Gasteiger partial charge in [0.25, 0.3) is 0 Å². The summed E-state index contributed by atoms with van der Waals surface area (Å²) in [5.74, 6) is 0.585. The number of ether oxygens (including phenoxy) is 1. The summed E-state index contributed by atoms with van der Waals surface area (Å²) in [7, 11) is 5.50. The lowest BCUT2D eigenvalue weighted by molar-refractivity contribution is -0.121. The second kappa shape index (κ2) is 9.04. The highest BCUT2D eigenvalue weighted by Crippen LogP contribution is 2.19. The van der Waals surface area contributed by atoms with Crippen LogP contribution in [0.25, 0.3) is 0 Å². The molecule has 0 saturated heterocycles. The van der Waals surface area contributed by atoms with Crippen LogP contribution in [-0.4, -0.2) is 57.6 Å². The number of nitrogens with zero attached hydrogens (tertiary/aromatic N) is 2. The monoisotopic (exact) mass is 307 g/mol. The lowest BCUT2D eigenvalue weighted by atomic mass is 10.2. The van der Waals surface area contributed by atoms with Gasteiger partial charge in [-0.05, 0) is 38.4 Å². The number of rotatable bonds is 8. The van der Waals surface area contributed by atoms with Crippen molar-refractivity contribution < 1.29 is 14.3 Å². The third kappa shape index (κ3) is 6.13. The number of hydrogen-bond acceptors (Lipinski definition) is 4. The van der Waals surface area contributed by atoms with Crippen molar-refractivity contribution in [2.24, 2.45) is 0 Å². The first kappa shape index (κ1) is 18.0. The fourth-order valence-electron chi connectivity index (χ4n) is 1.95. The van der Waals surface area contributed by atoms with Crippen LogP contribution in [0.2, 0.25) is 0 Å². The van der Waals surface area contributed by atoms with E-state index in [0.29, 0.717) is 13.1 Å². The van der Waals surface area contributed by atoms with Crippen molar-refractivity contribution in [3.05, 3.63) is 24.3 Å². The van der Waals surface area contributed by atoms with Gasteiger partial charge in [-0.2, -0.15) is 0 Å². The molecule has 0 fully saturated rings. The minimum Gasteiger partial charge on any atom is -0.497 e. The zero-order valence-electron chi connectivity index (χ0n) is 13.8. The Balaban J connectivity index is 2.53. The molecule has 1 aromatic carbocycles. The maximum atomic E-state index is 11.8. The maximum Gasteiger partial charge on any atom is 0.223 e. The lowest BCUT2D eigenvalue weighted by Crippen LogP contribution is -2.36.